The maximum atomic E-state index is 12.8. The van der Waals surface area contributed by atoms with E-state index in [1.54, 1.807) is 18.2 Å². The molecule has 0 saturated heterocycles. The maximum Gasteiger partial charge on any atom is 0.282 e. The highest BCUT2D eigenvalue weighted by molar-refractivity contribution is 7.98. The summed E-state index contributed by atoms with van der Waals surface area (Å²) in [4.78, 5) is 23.4. The minimum atomic E-state index is -0.570. The van der Waals surface area contributed by atoms with Gasteiger partial charge in [0, 0.05) is 17.5 Å². The molecule has 2 rings (SSSR count). The highest BCUT2D eigenvalue weighted by Crippen LogP contribution is 2.24. The van der Waals surface area contributed by atoms with Gasteiger partial charge in [0.2, 0.25) is 0 Å². The molecule has 0 heterocycles. The van der Waals surface area contributed by atoms with Crippen molar-refractivity contribution in [3.05, 3.63) is 69.5 Å². The van der Waals surface area contributed by atoms with Gasteiger partial charge >= 0.3 is 0 Å². The van der Waals surface area contributed by atoms with Crippen LogP contribution >= 0.6 is 11.8 Å². The van der Waals surface area contributed by atoms with Crippen molar-refractivity contribution in [1.82, 2.24) is 5.32 Å². The Morgan fingerprint density at radius 3 is 2.57 bits per heavy atom. The molecule has 0 aliphatic heterocycles. The average Bonchev–Trinajstić information content (AvgIpc) is 2.55. The molecule has 0 unspecified atom stereocenters. The number of carbonyl (C=O) groups excluding carboxylic acids is 1. The second-order valence-corrected chi connectivity index (χ2v) is 5.65. The van der Waals surface area contributed by atoms with Crippen LogP contribution in [0.25, 0.3) is 0 Å². The van der Waals surface area contributed by atoms with Crippen LogP contribution in [-0.4, -0.2) is 23.6 Å². The molecule has 23 heavy (non-hydrogen) atoms. The van der Waals surface area contributed by atoms with Crippen LogP contribution in [0.1, 0.15) is 15.9 Å². The second kappa shape index (κ2) is 7.73. The SMILES string of the molecule is CSc1ccc([N+](=O)[O-])c(C(=O)NCCc2ccc(F)cc2)c1. The third-order valence-electron chi connectivity index (χ3n) is 3.26. The highest BCUT2D eigenvalue weighted by atomic mass is 32.2. The van der Waals surface area contributed by atoms with Gasteiger partial charge in [-0.25, -0.2) is 4.39 Å². The molecule has 1 amide bonds. The standard InChI is InChI=1S/C16H15FN2O3S/c1-23-13-6-7-15(19(21)22)14(10-13)16(20)18-9-8-11-2-4-12(17)5-3-11/h2-7,10H,8-9H2,1H3,(H,18,20). The van der Waals surface area contributed by atoms with E-state index in [1.807, 2.05) is 6.26 Å². The Bertz CT molecular complexity index is 720. The van der Waals surface area contributed by atoms with Gasteiger partial charge in [-0.3, -0.25) is 14.9 Å². The number of rotatable bonds is 6. The number of benzene rings is 2. The molecule has 0 fully saturated rings. The van der Waals surface area contributed by atoms with Crippen molar-refractivity contribution >= 4 is 23.4 Å². The largest absolute Gasteiger partial charge is 0.351 e. The molecule has 2 aromatic rings. The first-order valence-electron chi connectivity index (χ1n) is 6.86. The van der Waals surface area contributed by atoms with Crippen LogP contribution in [0.5, 0.6) is 0 Å². The zero-order valence-corrected chi connectivity index (χ0v) is 13.2. The topological polar surface area (TPSA) is 72.2 Å². The van der Waals surface area contributed by atoms with Gasteiger partial charge in [0.15, 0.2) is 0 Å². The molecule has 0 atom stereocenters. The number of thioether (sulfide) groups is 1. The summed E-state index contributed by atoms with van der Waals surface area (Å²) in [7, 11) is 0. The second-order valence-electron chi connectivity index (χ2n) is 4.77. The fourth-order valence-corrected chi connectivity index (χ4v) is 2.49. The highest BCUT2D eigenvalue weighted by Gasteiger charge is 2.20. The van der Waals surface area contributed by atoms with E-state index in [9.17, 15) is 19.3 Å². The molecule has 2 aromatic carbocycles. The van der Waals surface area contributed by atoms with Crippen LogP contribution in [0.3, 0.4) is 0 Å². The summed E-state index contributed by atoms with van der Waals surface area (Å²) in [5.74, 6) is -0.808. The Balaban J connectivity index is 2.05. The van der Waals surface area contributed by atoms with E-state index >= 15 is 0 Å². The van der Waals surface area contributed by atoms with Gasteiger partial charge in [-0.1, -0.05) is 12.1 Å². The number of nitro groups is 1. The molecule has 0 aromatic heterocycles. The first-order valence-corrected chi connectivity index (χ1v) is 8.09. The lowest BCUT2D eigenvalue weighted by atomic mass is 10.1. The van der Waals surface area contributed by atoms with Crippen molar-refractivity contribution in [2.24, 2.45) is 0 Å². The van der Waals surface area contributed by atoms with E-state index < -0.39 is 10.8 Å². The first kappa shape index (κ1) is 17.0. The third kappa shape index (κ3) is 4.53. The van der Waals surface area contributed by atoms with Crippen LogP contribution in [-0.2, 0) is 6.42 Å². The van der Waals surface area contributed by atoms with Gasteiger partial charge in [0.1, 0.15) is 11.4 Å². The van der Waals surface area contributed by atoms with E-state index in [2.05, 4.69) is 5.32 Å². The molecular weight excluding hydrogens is 319 g/mol. The summed E-state index contributed by atoms with van der Waals surface area (Å²) in [6.45, 7) is 0.311. The van der Waals surface area contributed by atoms with Gasteiger partial charge in [-0.2, -0.15) is 0 Å². The molecule has 5 nitrogen and oxygen atoms in total. The molecule has 0 radical (unpaired) electrons. The summed E-state index contributed by atoms with van der Waals surface area (Å²) in [5, 5.41) is 13.7. The number of hydrogen-bond donors (Lipinski definition) is 1. The number of nitrogens with one attached hydrogen (secondary N) is 1. The summed E-state index contributed by atoms with van der Waals surface area (Å²) in [6, 6.07) is 10.4. The van der Waals surface area contributed by atoms with E-state index in [1.165, 1.54) is 36.0 Å². The number of amides is 1. The molecule has 1 N–H and O–H groups in total. The van der Waals surface area contributed by atoms with Crippen molar-refractivity contribution in [1.29, 1.82) is 0 Å². The Labute approximate surface area is 137 Å². The first-order chi connectivity index (χ1) is 11.0. The van der Waals surface area contributed by atoms with Crippen LogP contribution < -0.4 is 5.32 Å². The minimum Gasteiger partial charge on any atom is -0.351 e. The predicted octanol–water partition coefficient (Wildman–Crippen LogP) is 3.43. The normalized spacial score (nSPS) is 10.3. The molecular formula is C16H15FN2O3S. The lowest BCUT2D eigenvalue weighted by Gasteiger charge is -2.07. The Hall–Kier alpha value is -2.41. The number of nitrogens with zero attached hydrogens (tertiary/aromatic N) is 1. The van der Waals surface area contributed by atoms with E-state index in [-0.39, 0.29) is 17.1 Å². The molecule has 120 valence electrons. The van der Waals surface area contributed by atoms with Gasteiger partial charge in [0.25, 0.3) is 11.6 Å². The summed E-state index contributed by atoms with van der Waals surface area (Å²) < 4.78 is 12.8. The average molecular weight is 334 g/mol. The predicted molar refractivity (Wildman–Crippen MR) is 87.3 cm³/mol. The Kier molecular flexibility index (Phi) is 5.70. The Morgan fingerprint density at radius 1 is 1.26 bits per heavy atom. The zero-order valence-electron chi connectivity index (χ0n) is 12.4. The maximum absolute atomic E-state index is 12.8. The summed E-state index contributed by atoms with van der Waals surface area (Å²) in [5.41, 5.74) is 0.696. The van der Waals surface area contributed by atoms with Gasteiger partial charge < -0.3 is 5.32 Å². The number of nitro benzene ring substituents is 1. The fourth-order valence-electron chi connectivity index (χ4n) is 2.05. The molecule has 0 aliphatic rings. The van der Waals surface area contributed by atoms with Crippen molar-refractivity contribution in [2.75, 3.05) is 12.8 Å². The van der Waals surface area contributed by atoms with E-state index in [4.69, 9.17) is 0 Å². The lowest BCUT2D eigenvalue weighted by Crippen LogP contribution is -2.26. The van der Waals surface area contributed by atoms with Crippen molar-refractivity contribution in [3.63, 3.8) is 0 Å². The fraction of sp³-hybridized carbons (Fsp3) is 0.188. The molecule has 0 aliphatic carbocycles. The van der Waals surface area contributed by atoms with Crippen LogP contribution in [0.2, 0.25) is 0 Å². The quantitative estimate of drug-likeness (QED) is 0.499. The van der Waals surface area contributed by atoms with Gasteiger partial charge in [-0.05, 0) is 42.5 Å². The van der Waals surface area contributed by atoms with Crippen molar-refractivity contribution < 1.29 is 14.1 Å². The van der Waals surface area contributed by atoms with E-state index in [0.29, 0.717) is 13.0 Å². The zero-order chi connectivity index (χ0) is 16.8. The van der Waals surface area contributed by atoms with Gasteiger partial charge in [0.05, 0.1) is 4.92 Å². The van der Waals surface area contributed by atoms with Crippen molar-refractivity contribution in [3.8, 4) is 0 Å². The smallest absolute Gasteiger partial charge is 0.282 e. The number of halogens is 1. The molecule has 7 heteroatoms. The molecule has 0 spiro atoms. The third-order valence-corrected chi connectivity index (χ3v) is 3.98. The van der Waals surface area contributed by atoms with Crippen molar-refractivity contribution in [2.45, 2.75) is 11.3 Å². The number of carbonyl (C=O) groups is 1. The molecule has 0 saturated carbocycles. The lowest BCUT2D eigenvalue weighted by molar-refractivity contribution is -0.385. The molecule has 0 bridgehead atoms. The van der Waals surface area contributed by atoms with Crippen LogP contribution in [0.4, 0.5) is 10.1 Å². The van der Waals surface area contributed by atoms with Crippen LogP contribution in [0, 0.1) is 15.9 Å². The van der Waals surface area contributed by atoms with Gasteiger partial charge in [-0.15, -0.1) is 11.8 Å². The monoisotopic (exact) mass is 334 g/mol. The summed E-state index contributed by atoms with van der Waals surface area (Å²) in [6.07, 6.45) is 2.35. The Morgan fingerprint density at radius 2 is 1.96 bits per heavy atom. The minimum absolute atomic E-state index is 0.0426. The van der Waals surface area contributed by atoms with Crippen LogP contribution in [0.15, 0.2) is 47.4 Å². The van der Waals surface area contributed by atoms with E-state index in [0.717, 1.165) is 10.5 Å². The number of hydrogen-bond acceptors (Lipinski definition) is 4. The summed E-state index contributed by atoms with van der Waals surface area (Å²) >= 11 is 1.40.